The van der Waals surface area contributed by atoms with E-state index >= 15 is 0 Å². The van der Waals surface area contributed by atoms with Gasteiger partial charge in [0.15, 0.2) is 0 Å². The Kier molecular flexibility index (Phi) is 7.12. The van der Waals surface area contributed by atoms with Gasteiger partial charge in [0.2, 0.25) is 0 Å². The predicted molar refractivity (Wildman–Crippen MR) is 126 cm³/mol. The number of ether oxygens (including phenoxy) is 1. The van der Waals surface area contributed by atoms with E-state index in [2.05, 4.69) is 80.3 Å². The summed E-state index contributed by atoms with van der Waals surface area (Å²) in [6.45, 7) is 9.42. The fourth-order valence-electron chi connectivity index (χ4n) is 5.61. The standard InChI is InChI=1S/C28H37NO2/c1-20(2)24-16-21(3)14-15-27(24)31-28(30)26-19-29(17-22-10-6-4-7-11-22)18-25(26)23-12-8-5-9-13-23/h4-13,20-21,24-27H,14-19H2,1-3H3/t21-,24+,25?,26?,27-/m1/s1. The first-order valence-corrected chi connectivity index (χ1v) is 12.0. The van der Waals surface area contributed by atoms with Gasteiger partial charge in [-0.25, -0.2) is 0 Å². The van der Waals surface area contributed by atoms with Gasteiger partial charge in [-0.3, -0.25) is 9.69 Å². The summed E-state index contributed by atoms with van der Waals surface area (Å²) in [5.74, 6) is 1.85. The van der Waals surface area contributed by atoms with Crippen LogP contribution in [-0.4, -0.2) is 30.1 Å². The number of carbonyl (C=O) groups is 1. The second-order valence-corrected chi connectivity index (χ2v) is 10.1. The van der Waals surface area contributed by atoms with Crippen molar-refractivity contribution in [1.29, 1.82) is 0 Å². The fraction of sp³-hybridized carbons (Fsp3) is 0.536. The van der Waals surface area contributed by atoms with E-state index in [0.29, 0.717) is 11.8 Å². The highest BCUT2D eigenvalue weighted by molar-refractivity contribution is 5.75. The lowest BCUT2D eigenvalue weighted by atomic mass is 9.75. The van der Waals surface area contributed by atoms with Crippen LogP contribution in [0.25, 0.3) is 0 Å². The molecule has 0 radical (unpaired) electrons. The van der Waals surface area contributed by atoms with E-state index in [1.807, 2.05) is 6.07 Å². The highest BCUT2D eigenvalue weighted by Crippen LogP contribution is 2.38. The van der Waals surface area contributed by atoms with Gasteiger partial charge in [-0.1, -0.05) is 81.4 Å². The lowest BCUT2D eigenvalue weighted by Crippen LogP contribution is -2.38. The number of benzene rings is 2. The Morgan fingerprint density at radius 1 is 1.00 bits per heavy atom. The van der Waals surface area contributed by atoms with E-state index in [1.165, 1.54) is 17.5 Å². The van der Waals surface area contributed by atoms with E-state index < -0.39 is 0 Å². The van der Waals surface area contributed by atoms with E-state index in [1.54, 1.807) is 0 Å². The molecule has 2 unspecified atom stereocenters. The summed E-state index contributed by atoms with van der Waals surface area (Å²) >= 11 is 0. The Bertz CT molecular complexity index is 835. The van der Waals surface area contributed by atoms with Crippen molar-refractivity contribution in [3.05, 3.63) is 71.8 Å². The number of hydrogen-bond acceptors (Lipinski definition) is 3. The van der Waals surface area contributed by atoms with Gasteiger partial charge in [-0.05, 0) is 48.1 Å². The quantitative estimate of drug-likeness (QED) is 0.546. The van der Waals surface area contributed by atoms with Gasteiger partial charge in [0, 0.05) is 25.6 Å². The minimum Gasteiger partial charge on any atom is -0.462 e. The molecule has 1 aliphatic carbocycles. The van der Waals surface area contributed by atoms with Gasteiger partial charge in [-0.2, -0.15) is 0 Å². The van der Waals surface area contributed by atoms with Crippen LogP contribution in [-0.2, 0) is 16.1 Å². The summed E-state index contributed by atoms with van der Waals surface area (Å²) in [7, 11) is 0. The number of nitrogens with zero attached hydrogens (tertiary/aromatic N) is 1. The van der Waals surface area contributed by atoms with Crippen molar-refractivity contribution in [1.82, 2.24) is 4.90 Å². The Morgan fingerprint density at radius 3 is 2.35 bits per heavy atom. The first-order chi connectivity index (χ1) is 15.0. The predicted octanol–water partition coefficient (Wildman–Crippen LogP) is 5.91. The summed E-state index contributed by atoms with van der Waals surface area (Å²) in [5, 5.41) is 0. The van der Waals surface area contributed by atoms with Crippen LogP contribution in [0, 0.1) is 23.7 Å². The maximum Gasteiger partial charge on any atom is 0.311 e. The maximum atomic E-state index is 13.5. The molecule has 5 atom stereocenters. The van der Waals surface area contributed by atoms with Crippen LogP contribution in [0.15, 0.2) is 60.7 Å². The summed E-state index contributed by atoms with van der Waals surface area (Å²) in [6.07, 6.45) is 3.41. The van der Waals surface area contributed by atoms with Crippen molar-refractivity contribution in [2.45, 2.75) is 58.6 Å². The largest absolute Gasteiger partial charge is 0.462 e. The number of esters is 1. The Morgan fingerprint density at radius 2 is 1.68 bits per heavy atom. The van der Waals surface area contributed by atoms with Crippen molar-refractivity contribution in [2.75, 3.05) is 13.1 Å². The topological polar surface area (TPSA) is 29.5 Å². The molecule has 1 saturated carbocycles. The number of carbonyl (C=O) groups excluding carboxylic acids is 1. The Hall–Kier alpha value is -2.13. The maximum absolute atomic E-state index is 13.5. The van der Waals surface area contributed by atoms with E-state index in [-0.39, 0.29) is 23.9 Å². The average molecular weight is 420 g/mol. The molecule has 2 aromatic rings. The molecular weight excluding hydrogens is 382 g/mol. The first-order valence-electron chi connectivity index (χ1n) is 12.0. The molecule has 0 aromatic heterocycles. The third kappa shape index (κ3) is 5.38. The minimum absolute atomic E-state index is 0.00891. The van der Waals surface area contributed by atoms with Crippen LogP contribution in [0.3, 0.4) is 0 Å². The molecular formula is C28H37NO2. The van der Waals surface area contributed by atoms with E-state index in [4.69, 9.17) is 4.74 Å². The number of hydrogen-bond donors (Lipinski definition) is 0. The number of likely N-dealkylation sites (tertiary alicyclic amines) is 1. The molecule has 166 valence electrons. The second-order valence-electron chi connectivity index (χ2n) is 10.1. The lowest BCUT2D eigenvalue weighted by Gasteiger charge is -2.37. The summed E-state index contributed by atoms with van der Waals surface area (Å²) in [5.41, 5.74) is 2.54. The highest BCUT2D eigenvalue weighted by atomic mass is 16.5. The minimum atomic E-state index is -0.0988. The molecule has 2 aliphatic rings. The van der Waals surface area contributed by atoms with Crippen LogP contribution in [0.2, 0.25) is 0 Å². The van der Waals surface area contributed by atoms with E-state index in [0.717, 1.165) is 38.4 Å². The molecule has 31 heavy (non-hydrogen) atoms. The average Bonchev–Trinajstić information content (AvgIpc) is 3.20. The molecule has 0 bridgehead atoms. The summed E-state index contributed by atoms with van der Waals surface area (Å²) in [6, 6.07) is 21.1. The molecule has 1 heterocycles. The molecule has 4 rings (SSSR count). The molecule has 0 N–H and O–H groups in total. The van der Waals surface area contributed by atoms with Gasteiger partial charge in [0.25, 0.3) is 0 Å². The van der Waals surface area contributed by atoms with Crippen molar-refractivity contribution < 1.29 is 9.53 Å². The van der Waals surface area contributed by atoms with Crippen molar-refractivity contribution in [3.8, 4) is 0 Å². The monoisotopic (exact) mass is 419 g/mol. The molecule has 3 nitrogen and oxygen atoms in total. The Balaban J connectivity index is 1.50. The fourth-order valence-corrected chi connectivity index (χ4v) is 5.61. The molecule has 3 heteroatoms. The summed E-state index contributed by atoms with van der Waals surface area (Å²) in [4.78, 5) is 15.9. The SMILES string of the molecule is CC(C)[C@@H]1C[C@H](C)CC[C@H]1OC(=O)C1CN(Cc2ccccc2)CC1c1ccccc1. The lowest BCUT2D eigenvalue weighted by molar-refractivity contribution is -0.160. The van der Waals surface area contributed by atoms with Crippen molar-refractivity contribution >= 4 is 5.97 Å². The number of rotatable bonds is 6. The summed E-state index contributed by atoms with van der Waals surface area (Å²) < 4.78 is 6.28. The molecule has 1 aliphatic heterocycles. The zero-order valence-corrected chi connectivity index (χ0v) is 19.2. The molecule has 2 aromatic carbocycles. The molecule has 0 spiro atoms. The third-order valence-corrected chi connectivity index (χ3v) is 7.39. The third-order valence-electron chi connectivity index (χ3n) is 7.39. The van der Waals surface area contributed by atoms with Crippen LogP contribution in [0.4, 0.5) is 0 Å². The van der Waals surface area contributed by atoms with Gasteiger partial charge >= 0.3 is 5.97 Å². The molecule has 0 amide bonds. The van der Waals surface area contributed by atoms with Crippen LogP contribution in [0.1, 0.15) is 57.1 Å². The highest BCUT2D eigenvalue weighted by Gasteiger charge is 2.42. The van der Waals surface area contributed by atoms with Gasteiger partial charge in [0.05, 0.1) is 5.92 Å². The zero-order chi connectivity index (χ0) is 21.8. The van der Waals surface area contributed by atoms with E-state index in [9.17, 15) is 4.79 Å². The van der Waals surface area contributed by atoms with Crippen LogP contribution < -0.4 is 0 Å². The van der Waals surface area contributed by atoms with Crippen LogP contribution >= 0.6 is 0 Å². The smallest absolute Gasteiger partial charge is 0.311 e. The zero-order valence-electron chi connectivity index (χ0n) is 19.2. The Labute approximate surface area is 187 Å². The first kappa shape index (κ1) is 22.1. The van der Waals surface area contributed by atoms with Gasteiger partial charge < -0.3 is 4.74 Å². The van der Waals surface area contributed by atoms with Crippen molar-refractivity contribution in [2.24, 2.45) is 23.7 Å². The molecule has 2 fully saturated rings. The molecule has 1 saturated heterocycles. The normalized spacial score (nSPS) is 29.2. The van der Waals surface area contributed by atoms with Gasteiger partial charge in [0.1, 0.15) is 6.10 Å². The second kappa shape index (κ2) is 9.99. The van der Waals surface area contributed by atoms with Crippen molar-refractivity contribution in [3.63, 3.8) is 0 Å². The van der Waals surface area contributed by atoms with Gasteiger partial charge in [-0.15, -0.1) is 0 Å². The van der Waals surface area contributed by atoms with Crippen LogP contribution in [0.5, 0.6) is 0 Å².